The quantitative estimate of drug-likeness (QED) is 0.508. The maximum Gasteiger partial charge on any atom is 0.269 e. The molecule has 0 spiro atoms. The fraction of sp³-hybridized carbons (Fsp3) is 0.261. The fourth-order valence-electron chi connectivity index (χ4n) is 3.62. The minimum absolute atomic E-state index is 0.154. The molecule has 0 saturated carbocycles. The maximum atomic E-state index is 13.0. The summed E-state index contributed by atoms with van der Waals surface area (Å²) in [5.74, 6) is 1.45. The molecule has 154 valence electrons. The van der Waals surface area contributed by atoms with E-state index in [0.717, 1.165) is 22.4 Å². The van der Waals surface area contributed by atoms with Gasteiger partial charge in [0.2, 0.25) is 0 Å². The Labute approximate surface area is 175 Å². The summed E-state index contributed by atoms with van der Waals surface area (Å²) in [6, 6.07) is 17.0. The lowest BCUT2D eigenvalue weighted by molar-refractivity contribution is 0.0917. The van der Waals surface area contributed by atoms with Crippen LogP contribution in [0.5, 0.6) is 5.75 Å². The van der Waals surface area contributed by atoms with Gasteiger partial charge < -0.3 is 14.6 Å². The lowest BCUT2D eigenvalue weighted by atomic mass is 10.0. The van der Waals surface area contributed by atoms with Crippen molar-refractivity contribution in [1.29, 1.82) is 0 Å². The Morgan fingerprint density at radius 3 is 2.60 bits per heavy atom. The molecule has 0 aliphatic carbocycles. The van der Waals surface area contributed by atoms with Crippen molar-refractivity contribution in [2.45, 2.75) is 19.9 Å². The number of H-pyrrole nitrogens is 1. The van der Waals surface area contributed by atoms with E-state index in [9.17, 15) is 4.79 Å². The Morgan fingerprint density at radius 1 is 1.13 bits per heavy atom. The number of ether oxygens (including phenoxy) is 1. The number of nitrogens with one attached hydrogen (secondary N) is 2. The zero-order valence-electron chi connectivity index (χ0n) is 17.5. The van der Waals surface area contributed by atoms with Crippen LogP contribution in [0.2, 0.25) is 0 Å². The van der Waals surface area contributed by atoms with E-state index in [1.807, 2.05) is 60.1 Å². The van der Waals surface area contributed by atoms with Gasteiger partial charge in [-0.1, -0.05) is 38.1 Å². The average molecular weight is 403 g/mol. The Hall–Kier alpha value is -3.61. The van der Waals surface area contributed by atoms with Gasteiger partial charge in [0, 0.05) is 12.6 Å². The van der Waals surface area contributed by atoms with Crippen molar-refractivity contribution >= 4 is 16.9 Å². The van der Waals surface area contributed by atoms with Crippen LogP contribution in [0, 0.1) is 5.92 Å². The van der Waals surface area contributed by atoms with Gasteiger partial charge in [-0.05, 0) is 36.2 Å². The molecule has 1 atom stereocenters. The van der Waals surface area contributed by atoms with E-state index in [2.05, 4.69) is 29.4 Å². The molecule has 30 heavy (non-hydrogen) atoms. The summed E-state index contributed by atoms with van der Waals surface area (Å²) in [4.78, 5) is 17.8. The Balaban J connectivity index is 1.61. The van der Waals surface area contributed by atoms with Crippen molar-refractivity contribution in [1.82, 2.24) is 25.1 Å². The van der Waals surface area contributed by atoms with Crippen LogP contribution in [-0.2, 0) is 7.05 Å². The summed E-state index contributed by atoms with van der Waals surface area (Å²) in [6.07, 6.45) is 0. The standard InChI is InChI=1S/C23H25N5O2/c1-14(2)21(22-24-16-10-6-7-11-19(16)28(22)3)25-23(29)18-13-17(26-27-18)15-9-5-8-12-20(15)30-4/h5-14,21H,1-4H3,(H,25,29)(H,26,27). The third kappa shape index (κ3) is 3.54. The summed E-state index contributed by atoms with van der Waals surface area (Å²) in [6.45, 7) is 4.13. The summed E-state index contributed by atoms with van der Waals surface area (Å²) in [7, 11) is 3.59. The highest BCUT2D eigenvalue weighted by molar-refractivity contribution is 5.94. The highest BCUT2D eigenvalue weighted by atomic mass is 16.5. The van der Waals surface area contributed by atoms with Gasteiger partial charge in [0.1, 0.15) is 17.3 Å². The van der Waals surface area contributed by atoms with Gasteiger partial charge in [-0.15, -0.1) is 0 Å². The predicted molar refractivity (Wildman–Crippen MR) is 116 cm³/mol. The number of para-hydroxylation sites is 3. The third-order valence-electron chi connectivity index (χ3n) is 5.26. The molecule has 2 heterocycles. The number of aromatic nitrogens is 4. The van der Waals surface area contributed by atoms with Crippen LogP contribution < -0.4 is 10.1 Å². The van der Waals surface area contributed by atoms with Crippen LogP contribution >= 0.6 is 0 Å². The van der Waals surface area contributed by atoms with E-state index in [4.69, 9.17) is 9.72 Å². The minimum Gasteiger partial charge on any atom is -0.496 e. The molecule has 2 aromatic heterocycles. The van der Waals surface area contributed by atoms with Crippen LogP contribution in [0.15, 0.2) is 54.6 Å². The zero-order chi connectivity index (χ0) is 21.3. The van der Waals surface area contributed by atoms with Crippen molar-refractivity contribution in [3.8, 4) is 17.0 Å². The van der Waals surface area contributed by atoms with Gasteiger partial charge in [-0.25, -0.2) is 4.98 Å². The van der Waals surface area contributed by atoms with Crippen LogP contribution in [-0.4, -0.2) is 32.8 Å². The molecule has 0 saturated heterocycles. The molecule has 1 amide bonds. The zero-order valence-corrected chi connectivity index (χ0v) is 17.5. The van der Waals surface area contributed by atoms with Crippen molar-refractivity contribution in [2.75, 3.05) is 7.11 Å². The predicted octanol–water partition coefficient (Wildman–Crippen LogP) is 4.10. The Kier molecular flexibility index (Phi) is 5.27. The first-order valence-corrected chi connectivity index (χ1v) is 9.90. The van der Waals surface area contributed by atoms with Gasteiger partial charge in [-0.3, -0.25) is 9.89 Å². The largest absolute Gasteiger partial charge is 0.496 e. The van der Waals surface area contributed by atoms with Gasteiger partial charge in [-0.2, -0.15) is 5.10 Å². The number of carbonyl (C=O) groups is 1. The number of amides is 1. The number of imidazole rings is 1. The molecule has 7 heteroatoms. The number of carbonyl (C=O) groups excluding carboxylic acids is 1. The Morgan fingerprint density at radius 2 is 1.87 bits per heavy atom. The van der Waals surface area contributed by atoms with E-state index in [1.165, 1.54) is 0 Å². The molecule has 0 aliphatic heterocycles. The molecule has 4 aromatic rings. The van der Waals surface area contributed by atoms with E-state index < -0.39 is 0 Å². The number of aromatic amines is 1. The minimum atomic E-state index is -0.243. The van der Waals surface area contributed by atoms with Crippen molar-refractivity contribution in [3.05, 3.63) is 66.1 Å². The fourth-order valence-corrected chi connectivity index (χ4v) is 3.62. The number of fused-ring (bicyclic) bond motifs is 1. The van der Waals surface area contributed by atoms with Gasteiger partial charge in [0.05, 0.1) is 29.9 Å². The highest BCUT2D eigenvalue weighted by Gasteiger charge is 2.25. The normalized spacial score (nSPS) is 12.3. The average Bonchev–Trinajstić information content (AvgIpc) is 3.37. The first-order valence-electron chi connectivity index (χ1n) is 9.90. The summed E-state index contributed by atoms with van der Waals surface area (Å²) >= 11 is 0. The Bertz CT molecular complexity index is 1190. The van der Waals surface area contributed by atoms with Crippen LogP contribution in [0.1, 0.15) is 36.2 Å². The monoisotopic (exact) mass is 403 g/mol. The maximum absolute atomic E-state index is 13.0. The van der Waals surface area contributed by atoms with Crippen molar-refractivity contribution in [3.63, 3.8) is 0 Å². The topological polar surface area (TPSA) is 84.8 Å². The number of nitrogens with zero attached hydrogens (tertiary/aromatic N) is 3. The smallest absolute Gasteiger partial charge is 0.269 e. The van der Waals surface area contributed by atoms with Gasteiger partial charge in [0.15, 0.2) is 0 Å². The molecule has 0 bridgehead atoms. The SMILES string of the molecule is COc1ccccc1-c1cc(C(=O)NC(c2nc3ccccc3n2C)C(C)C)[nH]n1. The molecule has 1 unspecified atom stereocenters. The van der Waals surface area contributed by atoms with Crippen LogP contribution in [0.3, 0.4) is 0 Å². The molecule has 0 aliphatic rings. The number of methoxy groups -OCH3 is 1. The highest BCUT2D eigenvalue weighted by Crippen LogP contribution is 2.29. The lowest BCUT2D eigenvalue weighted by Crippen LogP contribution is -2.33. The first kappa shape index (κ1) is 19.7. The lowest BCUT2D eigenvalue weighted by Gasteiger charge is -2.21. The van der Waals surface area contributed by atoms with Crippen LogP contribution in [0.4, 0.5) is 0 Å². The molecule has 7 nitrogen and oxygen atoms in total. The van der Waals surface area contributed by atoms with Gasteiger partial charge >= 0.3 is 0 Å². The summed E-state index contributed by atoms with van der Waals surface area (Å²) < 4.78 is 7.44. The number of benzene rings is 2. The molecule has 2 aromatic carbocycles. The summed E-state index contributed by atoms with van der Waals surface area (Å²) in [5, 5.41) is 10.3. The van der Waals surface area contributed by atoms with Crippen LogP contribution in [0.25, 0.3) is 22.3 Å². The molecule has 0 radical (unpaired) electrons. The molecular formula is C23H25N5O2. The number of aryl methyl sites for hydroxylation is 1. The van der Waals surface area contributed by atoms with E-state index in [-0.39, 0.29) is 17.9 Å². The molecule has 0 fully saturated rings. The van der Waals surface area contributed by atoms with Crippen molar-refractivity contribution < 1.29 is 9.53 Å². The second-order valence-electron chi connectivity index (χ2n) is 7.58. The van der Waals surface area contributed by atoms with Gasteiger partial charge in [0.25, 0.3) is 5.91 Å². The molecule has 2 N–H and O–H groups in total. The molecular weight excluding hydrogens is 378 g/mol. The molecule has 4 rings (SSSR count). The van der Waals surface area contributed by atoms with E-state index in [0.29, 0.717) is 17.1 Å². The summed E-state index contributed by atoms with van der Waals surface area (Å²) in [5.41, 5.74) is 3.81. The second-order valence-corrected chi connectivity index (χ2v) is 7.58. The first-order chi connectivity index (χ1) is 14.5. The van der Waals surface area contributed by atoms with E-state index in [1.54, 1.807) is 13.2 Å². The number of hydrogen-bond donors (Lipinski definition) is 2. The van der Waals surface area contributed by atoms with Crippen molar-refractivity contribution in [2.24, 2.45) is 13.0 Å². The third-order valence-corrected chi connectivity index (χ3v) is 5.26. The second kappa shape index (κ2) is 8.02. The number of hydrogen-bond acceptors (Lipinski definition) is 4. The van der Waals surface area contributed by atoms with E-state index >= 15 is 0 Å². The number of rotatable bonds is 6.